The standard InChI is InChI=1S/C24H26N4O4S2/c1-2-14-28-23(30)20-8-4-5-9-21(20)26-24(28)33-17-22(29)25-18-10-12-19(13-11-18)34(31,32)27-15-6-3-7-16-27/h2,4-5,8-13H,1,3,6-7,14-17H2,(H,25,29). The Morgan fingerprint density at radius 2 is 1.79 bits per heavy atom. The van der Waals surface area contributed by atoms with E-state index in [0.717, 1.165) is 31.0 Å². The van der Waals surface area contributed by atoms with Gasteiger partial charge < -0.3 is 5.32 Å². The third-order valence-corrected chi connectivity index (χ3v) is 8.45. The lowest BCUT2D eigenvalue weighted by Gasteiger charge is -2.25. The number of para-hydroxylation sites is 1. The van der Waals surface area contributed by atoms with Gasteiger partial charge in [0.25, 0.3) is 5.56 Å². The van der Waals surface area contributed by atoms with E-state index in [-0.39, 0.29) is 28.7 Å². The number of nitrogens with zero attached hydrogens (tertiary/aromatic N) is 3. The Kier molecular flexibility index (Phi) is 7.50. The van der Waals surface area contributed by atoms with Gasteiger partial charge in [-0.25, -0.2) is 13.4 Å². The number of carbonyl (C=O) groups excluding carboxylic acids is 1. The van der Waals surface area contributed by atoms with E-state index in [1.54, 1.807) is 36.4 Å². The molecule has 10 heteroatoms. The number of piperidine rings is 1. The molecule has 0 radical (unpaired) electrons. The predicted molar refractivity (Wildman–Crippen MR) is 135 cm³/mol. The lowest BCUT2D eigenvalue weighted by Crippen LogP contribution is -2.35. The highest BCUT2D eigenvalue weighted by Gasteiger charge is 2.25. The number of hydrogen-bond donors (Lipinski definition) is 1. The number of thioether (sulfide) groups is 1. The minimum Gasteiger partial charge on any atom is -0.325 e. The SMILES string of the molecule is C=CCn1c(SCC(=O)Nc2ccc(S(=O)(=O)N3CCCCC3)cc2)nc2ccccc2c1=O. The zero-order chi connectivity index (χ0) is 24.1. The quantitative estimate of drug-likeness (QED) is 0.290. The lowest BCUT2D eigenvalue weighted by molar-refractivity contribution is -0.113. The number of carbonyl (C=O) groups is 1. The van der Waals surface area contributed by atoms with E-state index in [0.29, 0.717) is 34.8 Å². The van der Waals surface area contributed by atoms with Crippen LogP contribution in [0.25, 0.3) is 10.9 Å². The molecule has 1 aliphatic rings. The summed E-state index contributed by atoms with van der Waals surface area (Å²) in [5.41, 5.74) is 0.887. The molecule has 0 saturated carbocycles. The molecular weight excluding hydrogens is 472 g/mol. The smallest absolute Gasteiger partial charge is 0.262 e. The van der Waals surface area contributed by atoms with Gasteiger partial charge in [0, 0.05) is 25.3 Å². The zero-order valence-corrected chi connectivity index (χ0v) is 20.3. The molecular formula is C24H26N4O4S2. The third-order valence-electron chi connectivity index (χ3n) is 5.56. The Bertz CT molecular complexity index is 1360. The minimum absolute atomic E-state index is 0.0375. The van der Waals surface area contributed by atoms with Crippen molar-refractivity contribution in [2.24, 2.45) is 0 Å². The number of hydrogen-bond acceptors (Lipinski definition) is 6. The Morgan fingerprint density at radius 1 is 1.09 bits per heavy atom. The summed E-state index contributed by atoms with van der Waals surface area (Å²) in [6.45, 7) is 5.07. The van der Waals surface area contributed by atoms with Gasteiger partial charge in [-0.05, 0) is 49.2 Å². The summed E-state index contributed by atoms with van der Waals surface area (Å²) in [6, 6.07) is 13.3. The number of fused-ring (bicyclic) bond motifs is 1. The van der Waals surface area contributed by atoms with Crippen LogP contribution in [0.4, 0.5) is 5.69 Å². The maximum Gasteiger partial charge on any atom is 0.262 e. The molecule has 0 aliphatic carbocycles. The van der Waals surface area contributed by atoms with Crippen molar-refractivity contribution in [3.05, 3.63) is 71.5 Å². The molecule has 2 heterocycles. The van der Waals surface area contributed by atoms with Crippen LogP contribution in [0.1, 0.15) is 19.3 Å². The Balaban J connectivity index is 1.43. The molecule has 2 aromatic carbocycles. The highest BCUT2D eigenvalue weighted by atomic mass is 32.2. The van der Waals surface area contributed by atoms with Crippen molar-refractivity contribution in [3.8, 4) is 0 Å². The van der Waals surface area contributed by atoms with Gasteiger partial charge in [-0.15, -0.1) is 6.58 Å². The number of anilines is 1. The van der Waals surface area contributed by atoms with Crippen LogP contribution in [0.5, 0.6) is 0 Å². The van der Waals surface area contributed by atoms with Gasteiger partial charge in [-0.3, -0.25) is 14.2 Å². The molecule has 178 valence electrons. The first-order chi connectivity index (χ1) is 16.4. The fourth-order valence-electron chi connectivity index (χ4n) is 3.84. The number of aromatic nitrogens is 2. The molecule has 4 rings (SSSR count). The number of sulfonamides is 1. The van der Waals surface area contributed by atoms with Crippen LogP contribution < -0.4 is 10.9 Å². The number of rotatable bonds is 8. The number of allylic oxidation sites excluding steroid dienone is 1. The van der Waals surface area contributed by atoms with E-state index in [1.807, 2.05) is 6.07 Å². The van der Waals surface area contributed by atoms with E-state index in [9.17, 15) is 18.0 Å². The van der Waals surface area contributed by atoms with Crippen molar-refractivity contribution in [1.29, 1.82) is 0 Å². The first-order valence-electron chi connectivity index (χ1n) is 11.0. The molecule has 34 heavy (non-hydrogen) atoms. The normalized spacial score (nSPS) is 14.7. The summed E-state index contributed by atoms with van der Waals surface area (Å²) in [6.07, 6.45) is 4.41. The maximum atomic E-state index is 12.8. The average molecular weight is 499 g/mol. The number of nitrogens with one attached hydrogen (secondary N) is 1. The van der Waals surface area contributed by atoms with E-state index < -0.39 is 10.0 Å². The summed E-state index contributed by atoms with van der Waals surface area (Å²) >= 11 is 1.16. The van der Waals surface area contributed by atoms with E-state index in [2.05, 4.69) is 16.9 Å². The van der Waals surface area contributed by atoms with Crippen molar-refractivity contribution >= 4 is 44.3 Å². The average Bonchev–Trinajstić information content (AvgIpc) is 2.85. The van der Waals surface area contributed by atoms with Crippen molar-refractivity contribution in [1.82, 2.24) is 13.9 Å². The van der Waals surface area contributed by atoms with Gasteiger partial charge >= 0.3 is 0 Å². The van der Waals surface area contributed by atoms with Crippen LogP contribution in [0.15, 0.2) is 76.0 Å². The van der Waals surface area contributed by atoms with Gasteiger partial charge in [0.15, 0.2) is 5.16 Å². The van der Waals surface area contributed by atoms with Crippen LogP contribution in [-0.2, 0) is 21.4 Å². The summed E-state index contributed by atoms with van der Waals surface area (Å²) < 4.78 is 28.6. The largest absolute Gasteiger partial charge is 0.325 e. The summed E-state index contributed by atoms with van der Waals surface area (Å²) in [5.74, 6) is -0.250. The van der Waals surface area contributed by atoms with Crippen LogP contribution in [0.3, 0.4) is 0 Å². The molecule has 0 unspecified atom stereocenters. The molecule has 1 aliphatic heterocycles. The van der Waals surface area contributed by atoms with Crippen molar-refractivity contribution in [2.45, 2.75) is 35.9 Å². The van der Waals surface area contributed by atoms with E-state index in [4.69, 9.17) is 0 Å². The third kappa shape index (κ3) is 5.24. The van der Waals surface area contributed by atoms with Crippen LogP contribution in [-0.4, -0.2) is 47.0 Å². The number of amides is 1. The zero-order valence-electron chi connectivity index (χ0n) is 18.6. The van der Waals surface area contributed by atoms with Crippen molar-refractivity contribution < 1.29 is 13.2 Å². The molecule has 1 aromatic heterocycles. The van der Waals surface area contributed by atoms with Crippen LogP contribution in [0, 0.1) is 0 Å². The monoisotopic (exact) mass is 498 g/mol. The molecule has 1 saturated heterocycles. The number of benzene rings is 2. The molecule has 1 fully saturated rings. The second kappa shape index (κ2) is 10.5. The van der Waals surface area contributed by atoms with Gasteiger partial charge in [-0.1, -0.05) is 36.4 Å². The van der Waals surface area contributed by atoms with Crippen molar-refractivity contribution in [3.63, 3.8) is 0 Å². The first kappa shape index (κ1) is 24.2. The van der Waals surface area contributed by atoms with Gasteiger partial charge in [0.05, 0.1) is 21.6 Å². The van der Waals surface area contributed by atoms with Gasteiger partial charge in [0.1, 0.15) is 0 Å². The van der Waals surface area contributed by atoms with Gasteiger partial charge in [-0.2, -0.15) is 4.31 Å². The fourth-order valence-corrected chi connectivity index (χ4v) is 6.17. The predicted octanol–water partition coefficient (Wildman–Crippen LogP) is 3.49. The molecule has 3 aromatic rings. The lowest BCUT2D eigenvalue weighted by atomic mass is 10.2. The molecule has 0 spiro atoms. The van der Waals surface area contributed by atoms with Crippen LogP contribution in [0.2, 0.25) is 0 Å². The Labute approximate surface area is 202 Å². The fraction of sp³-hybridized carbons (Fsp3) is 0.292. The molecule has 1 N–H and O–H groups in total. The second-order valence-corrected chi connectivity index (χ2v) is 10.8. The highest BCUT2D eigenvalue weighted by molar-refractivity contribution is 7.99. The highest BCUT2D eigenvalue weighted by Crippen LogP contribution is 2.23. The summed E-state index contributed by atoms with van der Waals surface area (Å²) in [5, 5.41) is 3.71. The van der Waals surface area contributed by atoms with E-state index >= 15 is 0 Å². The molecule has 0 atom stereocenters. The maximum absolute atomic E-state index is 12.8. The van der Waals surface area contributed by atoms with Crippen LogP contribution >= 0.6 is 11.8 Å². The molecule has 0 bridgehead atoms. The topological polar surface area (TPSA) is 101 Å². The summed E-state index contributed by atoms with van der Waals surface area (Å²) in [7, 11) is -3.52. The Morgan fingerprint density at radius 3 is 2.50 bits per heavy atom. The van der Waals surface area contributed by atoms with Crippen molar-refractivity contribution in [2.75, 3.05) is 24.2 Å². The Hall–Kier alpha value is -2.95. The van der Waals surface area contributed by atoms with Gasteiger partial charge in [0.2, 0.25) is 15.9 Å². The molecule has 8 nitrogen and oxygen atoms in total. The van der Waals surface area contributed by atoms with E-state index in [1.165, 1.54) is 21.0 Å². The minimum atomic E-state index is -3.52. The molecule has 1 amide bonds. The summed E-state index contributed by atoms with van der Waals surface area (Å²) in [4.78, 5) is 30.1. The second-order valence-electron chi connectivity index (χ2n) is 7.94. The first-order valence-corrected chi connectivity index (χ1v) is 13.5.